The number of nitrogens with one attached hydrogen (secondary N) is 2. The average Bonchev–Trinajstić information content (AvgIpc) is 3.05. The van der Waals surface area contributed by atoms with Crippen LogP contribution in [0.3, 0.4) is 0 Å². The molecule has 0 radical (unpaired) electrons. The van der Waals surface area contributed by atoms with E-state index in [-0.39, 0.29) is 17.7 Å². The van der Waals surface area contributed by atoms with Gasteiger partial charge in [0.2, 0.25) is 5.91 Å². The van der Waals surface area contributed by atoms with Gasteiger partial charge in [-0.25, -0.2) is 0 Å². The van der Waals surface area contributed by atoms with E-state index in [0.29, 0.717) is 36.2 Å². The Balaban J connectivity index is 1.78. The molecule has 0 aliphatic carbocycles. The number of benzene rings is 1. The molecule has 1 aromatic carbocycles. The summed E-state index contributed by atoms with van der Waals surface area (Å²) >= 11 is 0. The van der Waals surface area contributed by atoms with Crippen LogP contribution in [0.1, 0.15) is 62.4 Å². The molecule has 30 heavy (non-hydrogen) atoms. The molecule has 7 heteroatoms. The van der Waals surface area contributed by atoms with E-state index >= 15 is 0 Å². The number of amides is 2. The lowest BCUT2D eigenvalue weighted by atomic mass is 9.88. The number of rotatable bonds is 7. The van der Waals surface area contributed by atoms with Crippen LogP contribution in [0.5, 0.6) is 0 Å². The first-order valence-corrected chi connectivity index (χ1v) is 10.8. The number of hydrogen-bond donors (Lipinski definition) is 2. The van der Waals surface area contributed by atoms with E-state index in [4.69, 9.17) is 0 Å². The average molecular weight is 410 g/mol. The van der Waals surface area contributed by atoms with Crippen molar-refractivity contribution in [2.24, 2.45) is 10.9 Å². The van der Waals surface area contributed by atoms with Gasteiger partial charge in [0.15, 0.2) is 0 Å². The minimum absolute atomic E-state index is 0.204. The summed E-state index contributed by atoms with van der Waals surface area (Å²) in [5, 5.41) is 15.6. The van der Waals surface area contributed by atoms with Gasteiger partial charge in [-0.1, -0.05) is 39.0 Å². The molecule has 160 valence electrons. The van der Waals surface area contributed by atoms with Crippen LogP contribution in [0.2, 0.25) is 0 Å². The lowest BCUT2D eigenvalue weighted by Crippen LogP contribution is -2.56. The summed E-state index contributed by atoms with van der Waals surface area (Å²) in [5.41, 5.74) is 0.428. The number of piperidine rings is 1. The maximum absolute atomic E-state index is 13.2. The van der Waals surface area contributed by atoms with Gasteiger partial charge < -0.3 is 15.5 Å². The maximum Gasteiger partial charge on any atom is 0.257 e. The van der Waals surface area contributed by atoms with Crippen LogP contribution >= 0.6 is 0 Å². The Morgan fingerprint density at radius 1 is 1.30 bits per heavy atom. The van der Waals surface area contributed by atoms with Crippen molar-refractivity contribution < 1.29 is 9.59 Å². The van der Waals surface area contributed by atoms with E-state index in [2.05, 4.69) is 33.5 Å². The largest absolute Gasteiger partial charge is 0.336 e. The third-order valence-corrected chi connectivity index (χ3v) is 5.77. The number of carbonyl (C=O) groups excluding carboxylic acids is 2. The van der Waals surface area contributed by atoms with E-state index in [9.17, 15) is 14.9 Å². The Hall–Kier alpha value is -2.72. The monoisotopic (exact) mass is 409 g/mol. The molecule has 0 spiro atoms. The number of amidine groups is 1. The van der Waals surface area contributed by atoms with E-state index in [1.165, 1.54) is 0 Å². The Bertz CT molecular complexity index is 863. The summed E-state index contributed by atoms with van der Waals surface area (Å²) in [6.07, 6.45) is 2.84. The normalized spacial score (nSPS) is 20.5. The summed E-state index contributed by atoms with van der Waals surface area (Å²) in [6, 6.07) is 8.93. The van der Waals surface area contributed by atoms with E-state index in [0.717, 1.165) is 26.1 Å². The summed E-state index contributed by atoms with van der Waals surface area (Å²) in [7, 11) is 0. The number of hydrogen-bond acceptors (Lipinski definition) is 5. The zero-order valence-corrected chi connectivity index (χ0v) is 18.1. The van der Waals surface area contributed by atoms with Crippen LogP contribution in [-0.2, 0) is 4.79 Å². The standard InChI is InChI=1S/C23H31N5O2/c1-4-11-28-12-9-23(15-24,10-13-28)27-22(30)19(14-16(2)3)25-20-17-7-5-6-8-18(17)21(29)26-20/h5-8,16,19H,4,9-14H2,1-3H3,(H,27,30)(H,25,26,29). The molecule has 0 saturated carbocycles. The number of nitriles is 1. The number of nitrogens with zero attached hydrogens (tertiary/aromatic N) is 3. The van der Waals surface area contributed by atoms with Gasteiger partial charge in [0.05, 0.1) is 11.6 Å². The minimum Gasteiger partial charge on any atom is -0.336 e. The predicted molar refractivity (Wildman–Crippen MR) is 116 cm³/mol. The third-order valence-electron chi connectivity index (χ3n) is 5.77. The second-order valence-electron chi connectivity index (χ2n) is 8.65. The molecule has 1 aromatic rings. The van der Waals surface area contributed by atoms with Gasteiger partial charge in [-0.3, -0.25) is 14.6 Å². The Kier molecular flexibility index (Phi) is 6.88. The number of likely N-dealkylation sites (tertiary alicyclic amines) is 1. The molecular formula is C23H31N5O2. The van der Waals surface area contributed by atoms with E-state index in [1.54, 1.807) is 12.1 Å². The maximum atomic E-state index is 13.2. The summed E-state index contributed by atoms with van der Waals surface area (Å²) in [6.45, 7) is 8.82. The Morgan fingerprint density at radius 2 is 1.97 bits per heavy atom. The Morgan fingerprint density at radius 3 is 2.57 bits per heavy atom. The highest BCUT2D eigenvalue weighted by Crippen LogP contribution is 2.23. The van der Waals surface area contributed by atoms with Crippen LogP contribution in [0.25, 0.3) is 0 Å². The molecular weight excluding hydrogens is 378 g/mol. The molecule has 1 fully saturated rings. The molecule has 3 rings (SSSR count). The van der Waals surface area contributed by atoms with E-state index < -0.39 is 11.6 Å². The summed E-state index contributed by atoms with van der Waals surface area (Å²) in [5.74, 6) is 0.215. The second kappa shape index (κ2) is 9.40. The van der Waals surface area contributed by atoms with Crippen molar-refractivity contribution in [1.82, 2.24) is 15.5 Å². The van der Waals surface area contributed by atoms with Crippen molar-refractivity contribution in [2.75, 3.05) is 19.6 Å². The van der Waals surface area contributed by atoms with Crippen LogP contribution in [0.15, 0.2) is 29.3 Å². The molecule has 1 saturated heterocycles. The molecule has 2 aliphatic heterocycles. The molecule has 0 aromatic heterocycles. The van der Waals surface area contributed by atoms with Crippen molar-refractivity contribution in [2.45, 2.75) is 58.0 Å². The van der Waals surface area contributed by atoms with Gasteiger partial charge >= 0.3 is 0 Å². The van der Waals surface area contributed by atoms with Crippen molar-refractivity contribution in [1.29, 1.82) is 5.26 Å². The quantitative estimate of drug-likeness (QED) is 0.723. The molecule has 7 nitrogen and oxygen atoms in total. The lowest BCUT2D eigenvalue weighted by molar-refractivity contribution is -0.124. The van der Waals surface area contributed by atoms with Gasteiger partial charge in [0.25, 0.3) is 5.91 Å². The van der Waals surface area contributed by atoms with Crippen LogP contribution < -0.4 is 10.6 Å². The molecule has 2 N–H and O–H groups in total. The molecule has 1 atom stereocenters. The predicted octanol–water partition coefficient (Wildman–Crippen LogP) is 2.48. The minimum atomic E-state index is -0.854. The first kappa shape index (κ1) is 22.0. The first-order valence-electron chi connectivity index (χ1n) is 10.8. The fourth-order valence-corrected chi connectivity index (χ4v) is 4.11. The highest BCUT2D eigenvalue weighted by molar-refractivity contribution is 6.23. The van der Waals surface area contributed by atoms with Crippen LogP contribution in [0, 0.1) is 17.2 Å². The molecule has 2 aliphatic rings. The molecule has 0 bridgehead atoms. The topological polar surface area (TPSA) is 97.6 Å². The number of fused-ring (bicyclic) bond motifs is 1. The molecule has 2 heterocycles. The first-order chi connectivity index (χ1) is 14.4. The van der Waals surface area contributed by atoms with Crippen LogP contribution in [-0.4, -0.2) is 53.8 Å². The van der Waals surface area contributed by atoms with Gasteiger partial charge in [-0.15, -0.1) is 0 Å². The van der Waals surface area contributed by atoms with Gasteiger partial charge in [-0.2, -0.15) is 5.26 Å². The highest BCUT2D eigenvalue weighted by atomic mass is 16.2. The van der Waals surface area contributed by atoms with Gasteiger partial charge in [0.1, 0.15) is 17.4 Å². The summed E-state index contributed by atoms with van der Waals surface area (Å²) < 4.78 is 0. The van der Waals surface area contributed by atoms with Crippen molar-refractivity contribution in [3.63, 3.8) is 0 Å². The second-order valence-corrected chi connectivity index (χ2v) is 8.65. The molecule has 2 amide bonds. The van der Waals surface area contributed by atoms with Crippen molar-refractivity contribution in [3.05, 3.63) is 35.4 Å². The van der Waals surface area contributed by atoms with Gasteiger partial charge in [0, 0.05) is 18.7 Å². The fourth-order valence-electron chi connectivity index (χ4n) is 4.11. The smallest absolute Gasteiger partial charge is 0.257 e. The SMILES string of the molecule is CCCN1CCC(C#N)(NC(=O)C(CC(C)C)N=C2NC(=O)c3ccccc32)CC1. The zero-order valence-electron chi connectivity index (χ0n) is 18.1. The third kappa shape index (κ3) is 4.88. The molecule has 1 unspecified atom stereocenters. The Labute approximate surface area is 178 Å². The summed E-state index contributed by atoms with van der Waals surface area (Å²) in [4.78, 5) is 32.4. The van der Waals surface area contributed by atoms with Crippen molar-refractivity contribution >= 4 is 17.6 Å². The van der Waals surface area contributed by atoms with E-state index in [1.807, 2.05) is 26.0 Å². The fraction of sp³-hybridized carbons (Fsp3) is 0.565. The zero-order chi connectivity index (χ0) is 21.7. The van der Waals surface area contributed by atoms with Crippen molar-refractivity contribution in [3.8, 4) is 6.07 Å². The lowest BCUT2D eigenvalue weighted by Gasteiger charge is -2.38. The van der Waals surface area contributed by atoms with Gasteiger partial charge in [-0.05, 0) is 44.2 Å². The number of carbonyl (C=O) groups is 2. The number of aliphatic imine (C=N–C) groups is 1. The highest BCUT2D eigenvalue weighted by Gasteiger charge is 2.38. The van der Waals surface area contributed by atoms with Crippen LogP contribution in [0.4, 0.5) is 0 Å².